The van der Waals surface area contributed by atoms with Crippen LogP contribution >= 0.6 is 0 Å². The van der Waals surface area contributed by atoms with Crippen LogP contribution in [-0.2, 0) is 6.54 Å². The lowest BCUT2D eigenvalue weighted by molar-refractivity contribution is 0.168. The second kappa shape index (κ2) is 5.67. The minimum absolute atomic E-state index is 0.421. The Bertz CT molecular complexity index is 488. The number of rotatable bonds is 3. The third-order valence-corrected chi connectivity index (χ3v) is 4.58. The molecule has 0 amide bonds. The number of aromatic nitrogens is 1. The fourth-order valence-electron chi connectivity index (χ4n) is 2.83. The van der Waals surface area contributed by atoms with Crippen LogP contribution in [0.3, 0.4) is 0 Å². The SMILES string of the molecule is CN=C(NC1CC1(C)C)N1CCN(Cc2ccon2)CC1. The zero-order valence-corrected chi connectivity index (χ0v) is 13.2. The standard InChI is InChI=1S/C15H25N5O/c1-15(2)10-13(15)17-14(16-3)20-7-5-19(6-8-20)11-12-4-9-21-18-12/h4,9,13H,5-8,10-11H2,1-3H3,(H,16,17). The van der Waals surface area contributed by atoms with Crippen LogP contribution in [0.1, 0.15) is 26.0 Å². The molecular weight excluding hydrogens is 266 g/mol. The number of piperazine rings is 1. The van der Waals surface area contributed by atoms with Crippen molar-refractivity contribution in [1.82, 2.24) is 20.3 Å². The molecule has 2 heterocycles. The van der Waals surface area contributed by atoms with E-state index in [1.807, 2.05) is 13.1 Å². The van der Waals surface area contributed by atoms with Gasteiger partial charge in [-0.25, -0.2) is 0 Å². The lowest BCUT2D eigenvalue weighted by atomic mass is 10.2. The number of guanidine groups is 1. The molecule has 2 fully saturated rings. The van der Waals surface area contributed by atoms with Gasteiger partial charge in [-0.1, -0.05) is 19.0 Å². The van der Waals surface area contributed by atoms with Crippen LogP contribution < -0.4 is 5.32 Å². The number of hydrogen-bond acceptors (Lipinski definition) is 4. The molecule has 1 saturated heterocycles. The van der Waals surface area contributed by atoms with Gasteiger partial charge in [0.1, 0.15) is 6.26 Å². The molecule has 0 spiro atoms. The smallest absolute Gasteiger partial charge is 0.193 e. The number of nitrogens with one attached hydrogen (secondary N) is 1. The first-order valence-corrected chi connectivity index (χ1v) is 7.68. The molecule has 1 unspecified atom stereocenters. The summed E-state index contributed by atoms with van der Waals surface area (Å²) in [7, 11) is 1.87. The van der Waals surface area contributed by atoms with Crippen LogP contribution in [0.2, 0.25) is 0 Å². The highest BCUT2D eigenvalue weighted by Crippen LogP contribution is 2.44. The molecule has 1 N–H and O–H groups in total. The molecule has 0 aromatic carbocycles. The maximum atomic E-state index is 4.89. The predicted octanol–water partition coefficient (Wildman–Crippen LogP) is 1.17. The van der Waals surface area contributed by atoms with E-state index in [2.05, 4.69) is 39.1 Å². The highest BCUT2D eigenvalue weighted by Gasteiger charge is 2.46. The highest BCUT2D eigenvalue weighted by atomic mass is 16.5. The van der Waals surface area contributed by atoms with Crippen molar-refractivity contribution in [3.05, 3.63) is 18.0 Å². The highest BCUT2D eigenvalue weighted by molar-refractivity contribution is 5.80. The van der Waals surface area contributed by atoms with Gasteiger partial charge in [0, 0.05) is 51.9 Å². The molecule has 6 nitrogen and oxygen atoms in total. The molecule has 1 aromatic heterocycles. The van der Waals surface area contributed by atoms with Gasteiger partial charge in [0.2, 0.25) is 0 Å². The van der Waals surface area contributed by atoms with Gasteiger partial charge in [0.15, 0.2) is 5.96 Å². The predicted molar refractivity (Wildman–Crippen MR) is 82.0 cm³/mol. The first-order chi connectivity index (χ1) is 10.1. The zero-order chi connectivity index (χ0) is 14.9. The fraction of sp³-hybridized carbons (Fsp3) is 0.733. The topological polar surface area (TPSA) is 56.9 Å². The third-order valence-electron chi connectivity index (χ3n) is 4.58. The molecule has 2 aliphatic rings. The number of hydrogen-bond donors (Lipinski definition) is 1. The average molecular weight is 291 g/mol. The van der Waals surface area contributed by atoms with E-state index in [1.54, 1.807) is 6.26 Å². The average Bonchev–Trinajstić information content (AvgIpc) is 2.87. The van der Waals surface area contributed by atoms with Crippen LogP contribution in [0.15, 0.2) is 21.8 Å². The van der Waals surface area contributed by atoms with Gasteiger partial charge in [-0.3, -0.25) is 9.89 Å². The lowest BCUT2D eigenvalue weighted by Crippen LogP contribution is -2.52. The van der Waals surface area contributed by atoms with Gasteiger partial charge in [-0.15, -0.1) is 0 Å². The summed E-state index contributed by atoms with van der Waals surface area (Å²) in [5, 5.41) is 7.57. The summed E-state index contributed by atoms with van der Waals surface area (Å²) < 4.78 is 4.89. The van der Waals surface area contributed by atoms with Crippen molar-refractivity contribution < 1.29 is 4.52 Å². The van der Waals surface area contributed by atoms with Crippen molar-refractivity contribution in [2.45, 2.75) is 32.9 Å². The van der Waals surface area contributed by atoms with Crippen molar-refractivity contribution >= 4 is 5.96 Å². The van der Waals surface area contributed by atoms with Gasteiger partial charge in [0.25, 0.3) is 0 Å². The molecule has 6 heteroatoms. The molecule has 1 atom stereocenters. The van der Waals surface area contributed by atoms with Crippen molar-refractivity contribution in [3.8, 4) is 0 Å². The van der Waals surface area contributed by atoms with Crippen LogP contribution in [-0.4, -0.2) is 60.2 Å². The van der Waals surface area contributed by atoms with E-state index in [0.717, 1.165) is 44.4 Å². The Labute approximate surface area is 126 Å². The number of nitrogens with zero attached hydrogens (tertiary/aromatic N) is 4. The second-order valence-corrected chi connectivity index (χ2v) is 6.69. The monoisotopic (exact) mass is 291 g/mol. The molecule has 116 valence electrons. The van der Waals surface area contributed by atoms with E-state index in [0.29, 0.717) is 11.5 Å². The molecule has 3 rings (SSSR count). The Hall–Kier alpha value is -1.56. The molecule has 0 bridgehead atoms. The Morgan fingerprint density at radius 2 is 2.14 bits per heavy atom. The first kappa shape index (κ1) is 14.4. The molecular formula is C15H25N5O. The van der Waals surface area contributed by atoms with E-state index >= 15 is 0 Å². The largest absolute Gasteiger partial charge is 0.364 e. The van der Waals surface area contributed by atoms with Gasteiger partial charge in [-0.2, -0.15) is 0 Å². The van der Waals surface area contributed by atoms with Gasteiger partial charge >= 0.3 is 0 Å². The summed E-state index contributed by atoms with van der Waals surface area (Å²) in [4.78, 5) is 9.20. The number of aliphatic imine (C=N–C) groups is 1. The Balaban J connectivity index is 1.48. The van der Waals surface area contributed by atoms with E-state index in [4.69, 9.17) is 4.52 Å². The quantitative estimate of drug-likeness (QED) is 0.669. The summed E-state index contributed by atoms with van der Waals surface area (Å²) >= 11 is 0. The molecule has 1 aliphatic carbocycles. The van der Waals surface area contributed by atoms with Gasteiger partial charge in [-0.05, 0) is 11.8 Å². The second-order valence-electron chi connectivity index (χ2n) is 6.69. The van der Waals surface area contributed by atoms with Crippen molar-refractivity contribution in [2.75, 3.05) is 33.2 Å². The van der Waals surface area contributed by atoms with E-state index in [9.17, 15) is 0 Å². The van der Waals surface area contributed by atoms with Gasteiger partial charge < -0.3 is 14.7 Å². The summed E-state index contributed by atoms with van der Waals surface area (Å²) in [5.41, 5.74) is 1.43. The zero-order valence-electron chi connectivity index (χ0n) is 13.2. The van der Waals surface area contributed by atoms with Crippen molar-refractivity contribution in [3.63, 3.8) is 0 Å². The van der Waals surface area contributed by atoms with E-state index in [-0.39, 0.29) is 0 Å². The lowest BCUT2D eigenvalue weighted by Gasteiger charge is -2.36. The Morgan fingerprint density at radius 3 is 2.67 bits per heavy atom. The van der Waals surface area contributed by atoms with Gasteiger partial charge in [0.05, 0.1) is 5.69 Å². The van der Waals surface area contributed by atoms with Crippen molar-refractivity contribution in [2.24, 2.45) is 10.4 Å². The molecule has 0 radical (unpaired) electrons. The molecule has 1 aromatic rings. The molecule has 21 heavy (non-hydrogen) atoms. The fourth-order valence-corrected chi connectivity index (χ4v) is 2.83. The minimum atomic E-state index is 0.421. The summed E-state index contributed by atoms with van der Waals surface area (Å²) in [6.45, 7) is 9.53. The molecule has 1 saturated carbocycles. The van der Waals surface area contributed by atoms with Crippen LogP contribution in [0, 0.1) is 5.41 Å². The normalized spacial score (nSPS) is 26.0. The Morgan fingerprint density at radius 1 is 1.43 bits per heavy atom. The van der Waals surface area contributed by atoms with Crippen LogP contribution in [0.4, 0.5) is 0 Å². The molecule has 1 aliphatic heterocycles. The summed E-state index contributed by atoms with van der Waals surface area (Å²) in [6.07, 6.45) is 2.87. The maximum absolute atomic E-state index is 4.89. The van der Waals surface area contributed by atoms with Crippen molar-refractivity contribution in [1.29, 1.82) is 0 Å². The van der Waals surface area contributed by atoms with Crippen LogP contribution in [0.25, 0.3) is 0 Å². The van der Waals surface area contributed by atoms with E-state index < -0.39 is 0 Å². The van der Waals surface area contributed by atoms with E-state index in [1.165, 1.54) is 6.42 Å². The Kier molecular flexibility index (Phi) is 3.89. The maximum Gasteiger partial charge on any atom is 0.193 e. The summed E-state index contributed by atoms with van der Waals surface area (Å²) in [5.74, 6) is 1.05. The minimum Gasteiger partial charge on any atom is -0.364 e. The van der Waals surface area contributed by atoms with Crippen LogP contribution in [0.5, 0.6) is 0 Å². The third kappa shape index (κ3) is 3.37. The summed E-state index contributed by atoms with van der Waals surface area (Å²) in [6, 6.07) is 2.51. The first-order valence-electron chi connectivity index (χ1n) is 7.68.